The topological polar surface area (TPSA) is 49.4 Å². The molecule has 4 rings (SSSR count). The van der Waals surface area contributed by atoms with Crippen molar-refractivity contribution in [2.75, 3.05) is 11.4 Å². The fourth-order valence-corrected chi connectivity index (χ4v) is 3.65. The van der Waals surface area contributed by atoms with E-state index in [1.54, 1.807) is 4.90 Å². The summed E-state index contributed by atoms with van der Waals surface area (Å²) in [5, 5.41) is 3.17. The van der Waals surface area contributed by atoms with Crippen molar-refractivity contribution in [2.24, 2.45) is 5.92 Å². The molecule has 1 N–H and O–H groups in total. The van der Waals surface area contributed by atoms with Crippen LogP contribution in [0.4, 0.5) is 5.69 Å². The van der Waals surface area contributed by atoms with Gasteiger partial charge in [0.1, 0.15) is 0 Å². The minimum atomic E-state index is -0.359. The molecule has 1 atom stereocenters. The van der Waals surface area contributed by atoms with Gasteiger partial charge in [0.15, 0.2) is 0 Å². The average molecular weight is 370 g/mol. The standard InChI is InChI=1S/C24H22N2O2/c27-22-16-20(17-26(22)21-14-8-3-9-15-21)24(28)25-23(18-10-4-1-5-11-18)19-12-6-2-7-13-19/h1-15,20,23H,16-17H2,(H,25,28). The number of nitrogens with zero attached hydrogens (tertiary/aromatic N) is 1. The third kappa shape index (κ3) is 3.81. The molecule has 1 saturated heterocycles. The zero-order valence-corrected chi connectivity index (χ0v) is 15.5. The molecule has 3 aromatic carbocycles. The molecule has 28 heavy (non-hydrogen) atoms. The molecule has 2 amide bonds. The zero-order valence-electron chi connectivity index (χ0n) is 15.5. The first kappa shape index (κ1) is 18.0. The molecular formula is C24H22N2O2. The van der Waals surface area contributed by atoms with E-state index in [-0.39, 0.29) is 30.2 Å². The first-order valence-electron chi connectivity index (χ1n) is 9.48. The number of hydrogen-bond donors (Lipinski definition) is 1. The molecule has 3 aromatic rings. The van der Waals surface area contributed by atoms with Crippen LogP contribution in [0.25, 0.3) is 0 Å². The highest BCUT2D eigenvalue weighted by Crippen LogP contribution is 2.27. The van der Waals surface area contributed by atoms with Gasteiger partial charge in [0.25, 0.3) is 0 Å². The lowest BCUT2D eigenvalue weighted by Gasteiger charge is -2.22. The van der Waals surface area contributed by atoms with Crippen molar-refractivity contribution in [3.63, 3.8) is 0 Å². The number of nitrogens with one attached hydrogen (secondary N) is 1. The summed E-state index contributed by atoms with van der Waals surface area (Å²) in [5.74, 6) is -0.463. The lowest BCUT2D eigenvalue weighted by molar-refractivity contribution is -0.126. The minimum absolute atomic E-state index is 0.0117. The first-order chi connectivity index (χ1) is 13.7. The second-order valence-corrected chi connectivity index (χ2v) is 7.00. The second kappa shape index (κ2) is 8.09. The largest absolute Gasteiger partial charge is 0.345 e. The van der Waals surface area contributed by atoms with Crippen LogP contribution in [0.5, 0.6) is 0 Å². The number of carbonyl (C=O) groups is 2. The molecule has 1 fully saturated rings. The van der Waals surface area contributed by atoms with Gasteiger partial charge in [-0.25, -0.2) is 0 Å². The molecule has 0 spiro atoms. The van der Waals surface area contributed by atoms with E-state index in [1.165, 1.54) is 0 Å². The van der Waals surface area contributed by atoms with Crippen molar-refractivity contribution in [1.82, 2.24) is 5.32 Å². The fourth-order valence-electron chi connectivity index (χ4n) is 3.65. The van der Waals surface area contributed by atoms with Gasteiger partial charge in [-0.1, -0.05) is 78.9 Å². The van der Waals surface area contributed by atoms with E-state index in [9.17, 15) is 9.59 Å². The van der Waals surface area contributed by atoms with Crippen LogP contribution in [0.2, 0.25) is 0 Å². The number of carbonyl (C=O) groups excluding carboxylic acids is 2. The molecule has 140 valence electrons. The maximum absolute atomic E-state index is 13.0. The van der Waals surface area contributed by atoms with Gasteiger partial charge in [-0.05, 0) is 23.3 Å². The molecule has 0 aromatic heterocycles. The van der Waals surface area contributed by atoms with Crippen molar-refractivity contribution in [3.8, 4) is 0 Å². The number of hydrogen-bond acceptors (Lipinski definition) is 2. The van der Waals surface area contributed by atoms with Crippen LogP contribution < -0.4 is 10.2 Å². The summed E-state index contributed by atoms with van der Waals surface area (Å²) in [4.78, 5) is 27.2. The molecule has 1 aliphatic rings. The van der Waals surface area contributed by atoms with Crippen LogP contribution in [0.3, 0.4) is 0 Å². The minimum Gasteiger partial charge on any atom is -0.345 e. The van der Waals surface area contributed by atoms with Crippen LogP contribution in [0.15, 0.2) is 91.0 Å². The van der Waals surface area contributed by atoms with Gasteiger partial charge in [-0.3, -0.25) is 9.59 Å². The van der Waals surface area contributed by atoms with Gasteiger partial charge in [0, 0.05) is 18.7 Å². The second-order valence-electron chi connectivity index (χ2n) is 7.00. The molecular weight excluding hydrogens is 348 g/mol. The summed E-state index contributed by atoms with van der Waals surface area (Å²) in [7, 11) is 0. The highest BCUT2D eigenvalue weighted by Gasteiger charge is 2.36. The number of rotatable bonds is 5. The van der Waals surface area contributed by atoms with Crippen LogP contribution >= 0.6 is 0 Å². The van der Waals surface area contributed by atoms with Crippen molar-refractivity contribution in [1.29, 1.82) is 0 Å². The lowest BCUT2D eigenvalue weighted by Crippen LogP contribution is -2.36. The Morgan fingerprint density at radius 1 is 0.821 bits per heavy atom. The van der Waals surface area contributed by atoms with Gasteiger partial charge in [0.05, 0.1) is 12.0 Å². The van der Waals surface area contributed by atoms with Gasteiger partial charge < -0.3 is 10.2 Å². The number of para-hydroxylation sites is 1. The Morgan fingerprint density at radius 2 is 1.32 bits per heavy atom. The fraction of sp³-hybridized carbons (Fsp3) is 0.167. The molecule has 1 heterocycles. The van der Waals surface area contributed by atoms with Gasteiger partial charge in [-0.2, -0.15) is 0 Å². The predicted molar refractivity (Wildman–Crippen MR) is 110 cm³/mol. The molecule has 0 saturated carbocycles. The summed E-state index contributed by atoms with van der Waals surface area (Å²) < 4.78 is 0. The Bertz CT molecular complexity index is 903. The Morgan fingerprint density at radius 3 is 1.86 bits per heavy atom. The van der Waals surface area contributed by atoms with E-state index >= 15 is 0 Å². The number of amides is 2. The van der Waals surface area contributed by atoms with Crippen molar-refractivity contribution in [2.45, 2.75) is 12.5 Å². The molecule has 0 aliphatic carbocycles. The van der Waals surface area contributed by atoms with Crippen LogP contribution in [-0.2, 0) is 9.59 Å². The molecule has 1 aliphatic heterocycles. The van der Waals surface area contributed by atoms with Crippen LogP contribution in [-0.4, -0.2) is 18.4 Å². The van der Waals surface area contributed by atoms with Gasteiger partial charge in [-0.15, -0.1) is 0 Å². The summed E-state index contributed by atoms with van der Waals surface area (Å²) >= 11 is 0. The first-order valence-corrected chi connectivity index (χ1v) is 9.48. The maximum Gasteiger partial charge on any atom is 0.227 e. The van der Waals surface area contributed by atoms with Crippen LogP contribution in [0, 0.1) is 5.92 Å². The monoisotopic (exact) mass is 370 g/mol. The van der Waals surface area contributed by atoms with Crippen molar-refractivity contribution >= 4 is 17.5 Å². The summed E-state index contributed by atoms with van der Waals surface area (Å²) in [6.07, 6.45) is 0.233. The van der Waals surface area contributed by atoms with E-state index < -0.39 is 0 Å². The van der Waals surface area contributed by atoms with Crippen molar-refractivity contribution in [3.05, 3.63) is 102 Å². The van der Waals surface area contributed by atoms with Gasteiger partial charge in [0.2, 0.25) is 11.8 Å². The quantitative estimate of drug-likeness (QED) is 0.739. The molecule has 1 unspecified atom stereocenters. The summed E-state index contributed by atoms with van der Waals surface area (Å²) in [5.41, 5.74) is 2.88. The van der Waals surface area contributed by atoms with E-state index in [0.29, 0.717) is 6.54 Å². The maximum atomic E-state index is 13.0. The average Bonchev–Trinajstić information content (AvgIpc) is 3.15. The molecule has 0 bridgehead atoms. The Balaban J connectivity index is 1.53. The number of anilines is 1. The predicted octanol–water partition coefficient (Wildman–Crippen LogP) is 3.95. The zero-order chi connectivity index (χ0) is 19.3. The lowest BCUT2D eigenvalue weighted by atomic mass is 9.97. The SMILES string of the molecule is O=C(NC(c1ccccc1)c1ccccc1)C1CC(=O)N(c2ccccc2)C1. The van der Waals surface area contributed by atoms with E-state index in [0.717, 1.165) is 16.8 Å². The Hall–Kier alpha value is -3.40. The van der Waals surface area contributed by atoms with E-state index in [4.69, 9.17) is 0 Å². The van der Waals surface area contributed by atoms with E-state index in [2.05, 4.69) is 5.32 Å². The van der Waals surface area contributed by atoms with Crippen molar-refractivity contribution < 1.29 is 9.59 Å². The Labute approximate surface area is 164 Å². The third-order valence-electron chi connectivity index (χ3n) is 5.12. The molecule has 0 radical (unpaired) electrons. The normalized spacial score (nSPS) is 16.4. The molecule has 4 heteroatoms. The highest BCUT2D eigenvalue weighted by molar-refractivity contribution is 6.00. The Kier molecular flexibility index (Phi) is 5.20. The third-order valence-corrected chi connectivity index (χ3v) is 5.12. The smallest absolute Gasteiger partial charge is 0.227 e. The summed E-state index contributed by atoms with van der Waals surface area (Å²) in [6.45, 7) is 0.408. The van der Waals surface area contributed by atoms with Crippen LogP contribution in [0.1, 0.15) is 23.6 Å². The molecule has 4 nitrogen and oxygen atoms in total. The summed E-state index contributed by atoms with van der Waals surface area (Å²) in [6, 6.07) is 29.1. The van der Waals surface area contributed by atoms with Gasteiger partial charge >= 0.3 is 0 Å². The highest BCUT2D eigenvalue weighted by atomic mass is 16.2. The van der Waals surface area contributed by atoms with E-state index in [1.807, 2.05) is 91.0 Å². The number of benzene rings is 3.